The molecule has 7 heteroatoms. The lowest BCUT2D eigenvalue weighted by atomic mass is 10.2. The number of ether oxygens (including phenoxy) is 1. The average molecular weight is 293 g/mol. The summed E-state index contributed by atoms with van der Waals surface area (Å²) in [4.78, 5) is 16.1. The van der Waals surface area contributed by atoms with Crippen LogP contribution in [0, 0.1) is 0 Å². The first kappa shape index (κ1) is 14.7. The van der Waals surface area contributed by atoms with Gasteiger partial charge in [-0.3, -0.25) is 9.78 Å². The van der Waals surface area contributed by atoms with Crippen molar-refractivity contribution in [1.29, 1.82) is 0 Å². The van der Waals surface area contributed by atoms with Crippen molar-refractivity contribution in [2.45, 2.75) is 6.61 Å². The molecule has 0 atom stereocenters. The molecule has 0 bridgehead atoms. The summed E-state index contributed by atoms with van der Waals surface area (Å²) in [5.74, 6) is -0.575. The zero-order valence-electron chi connectivity index (χ0n) is 11.1. The van der Waals surface area contributed by atoms with E-state index in [4.69, 9.17) is 0 Å². The second-order valence-corrected chi connectivity index (χ2v) is 4.00. The molecule has 0 saturated heterocycles. The van der Waals surface area contributed by atoms with Crippen LogP contribution in [0.2, 0.25) is 0 Å². The van der Waals surface area contributed by atoms with Crippen molar-refractivity contribution in [3.05, 3.63) is 48.3 Å². The summed E-state index contributed by atoms with van der Waals surface area (Å²) in [6.07, 6.45) is 2.92. The van der Waals surface area contributed by atoms with Crippen LogP contribution in [0.25, 0.3) is 0 Å². The molecule has 0 saturated carbocycles. The predicted molar refractivity (Wildman–Crippen MR) is 74.8 cm³/mol. The maximum atomic E-state index is 12.3. The number of aromatic nitrogens is 1. The Morgan fingerprint density at radius 1 is 1.24 bits per heavy atom. The number of carbonyl (C=O) groups excluding carboxylic acids is 1. The van der Waals surface area contributed by atoms with Crippen molar-refractivity contribution >= 4 is 17.3 Å². The van der Waals surface area contributed by atoms with Crippen LogP contribution < -0.4 is 15.4 Å². The number of nitrogens with zero attached hydrogens (tertiary/aromatic N) is 1. The van der Waals surface area contributed by atoms with Gasteiger partial charge >= 0.3 is 6.61 Å². The Balaban J connectivity index is 2.24. The quantitative estimate of drug-likeness (QED) is 0.889. The Labute approximate surface area is 120 Å². The van der Waals surface area contributed by atoms with E-state index >= 15 is 0 Å². The first-order valence-corrected chi connectivity index (χ1v) is 6.08. The number of hydrogen-bond donors (Lipinski definition) is 2. The highest BCUT2D eigenvalue weighted by molar-refractivity contribution is 6.08. The maximum absolute atomic E-state index is 12.3. The molecular formula is C14H13F2N3O2. The Hall–Kier alpha value is -2.70. The molecular weight excluding hydrogens is 280 g/mol. The topological polar surface area (TPSA) is 63.2 Å². The van der Waals surface area contributed by atoms with Crippen molar-refractivity contribution in [3.8, 4) is 5.75 Å². The first-order chi connectivity index (χ1) is 10.1. The van der Waals surface area contributed by atoms with E-state index in [9.17, 15) is 13.6 Å². The summed E-state index contributed by atoms with van der Waals surface area (Å²) in [6, 6.07) is 7.61. The number of anilines is 2. The third-order valence-electron chi connectivity index (χ3n) is 2.69. The van der Waals surface area contributed by atoms with Crippen LogP contribution in [0.1, 0.15) is 10.4 Å². The predicted octanol–water partition coefficient (Wildman–Crippen LogP) is 2.98. The zero-order valence-corrected chi connectivity index (χ0v) is 11.1. The molecule has 0 fully saturated rings. The van der Waals surface area contributed by atoms with Crippen LogP contribution in [0.4, 0.5) is 20.2 Å². The van der Waals surface area contributed by atoms with E-state index in [1.165, 1.54) is 30.6 Å². The van der Waals surface area contributed by atoms with Crippen molar-refractivity contribution in [2.75, 3.05) is 17.7 Å². The van der Waals surface area contributed by atoms with Crippen LogP contribution in [0.15, 0.2) is 42.7 Å². The molecule has 2 rings (SSSR count). The molecule has 2 aromatic rings. The number of para-hydroxylation sites is 2. The van der Waals surface area contributed by atoms with Gasteiger partial charge in [-0.05, 0) is 18.2 Å². The third kappa shape index (κ3) is 3.65. The fourth-order valence-corrected chi connectivity index (χ4v) is 1.75. The minimum Gasteiger partial charge on any atom is -0.433 e. The Morgan fingerprint density at radius 2 is 2.00 bits per heavy atom. The molecule has 0 unspecified atom stereocenters. The standard InChI is InChI=1S/C14H13F2N3O2/c1-17-10-6-7-18-8-9(10)13(20)19-11-4-2-3-5-12(11)21-14(15)16/h2-8,14H,1H3,(H,17,18)(H,19,20). The number of alkyl halides is 2. The van der Waals surface area contributed by atoms with E-state index in [-0.39, 0.29) is 11.4 Å². The zero-order chi connectivity index (χ0) is 15.2. The van der Waals surface area contributed by atoms with Gasteiger partial charge in [-0.1, -0.05) is 12.1 Å². The molecule has 1 aromatic carbocycles. The molecule has 2 N–H and O–H groups in total. The Kier molecular flexibility index (Phi) is 4.65. The normalized spacial score (nSPS) is 10.3. The minimum atomic E-state index is -2.96. The maximum Gasteiger partial charge on any atom is 0.387 e. The van der Waals surface area contributed by atoms with Crippen LogP contribution in [0.5, 0.6) is 5.75 Å². The highest BCUT2D eigenvalue weighted by Crippen LogP contribution is 2.26. The summed E-state index contributed by atoms with van der Waals surface area (Å²) in [7, 11) is 1.67. The lowest BCUT2D eigenvalue weighted by Gasteiger charge is -2.13. The fraction of sp³-hybridized carbons (Fsp3) is 0.143. The number of benzene rings is 1. The number of halogens is 2. The van der Waals surface area contributed by atoms with E-state index in [2.05, 4.69) is 20.4 Å². The summed E-state index contributed by atoms with van der Waals surface area (Å²) in [6.45, 7) is -2.96. The van der Waals surface area contributed by atoms with Gasteiger partial charge in [0, 0.05) is 25.1 Å². The number of amides is 1. The van der Waals surface area contributed by atoms with Gasteiger partial charge < -0.3 is 15.4 Å². The third-order valence-corrected chi connectivity index (χ3v) is 2.69. The molecule has 5 nitrogen and oxygen atoms in total. The molecule has 110 valence electrons. The van der Waals surface area contributed by atoms with Crippen molar-refractivity contribution in [2.24, 2.45) is 0 Å². The Morgan fingerprint density at radius 3 is 2.71 bits per heavy atom. The van der Waals surface area contributed by atoms with E-state index in [0.717, 1.165) is 0 Å². The minimum absolute atomic E-state index is 0.101. The number of nitrogens with one attached hydrogen (secondary N) is 2. The summed E-state index contributed by atoms with van der Waals surface area (Å²) < 4.78 is 29.0. The molecule has 0 spiro atoms. The molecule has 0 aliphatic heterocycles. The van der Waals surface area contributed by atoms with Crippen LogP contribution >= 0.6 is 0 Å². The average Bonchev–Trinajstić information content (AvgIpc) is 2.48. The van der Waals surface area contributed by atoms with Gasteiger partial charge in [-0.25, -0.2) is 0 Å². The molecule has 1 amide bonds. The van der Waals surface area contributed by atoms with Crippen molar-refractivity contribution in [3.63, 3.8) is 0 Å². The molecule has 1 aromatic heterocycles. The van der Waals surface area contributed by atoms with Gasteiger partial charge in [-0.15, -0.1) is 0 Å². The van der Waals surface area contributed by atoms with E-state index in [1.54, 1.807) is 19.2 Å². The van der Waals surface area contributed by atoms with Crippen LogP contribution in [0.3, 0.4) is 0 Å². The number of carbonyl (C=O) groups is 1. The monoisotopic (exact) mass is 293 g/mol. The number of rotatable bonds is 5. The fourth-order valence-electron chi connectivity index (χ4n) is 1.75. The highest BCUT2D eigenvalue weighted by Gasteiger charge is 2.15. The number of pyridine rings is 1. The molecule has 21 heavy (non-hydrogen) atoms. The van der Waals surface area contributed by atoms with Gasteiger partial charge in [0.15, 0.2) is 0 Å². The Bertz CT molecular complexity index is 635. The van der Waals surface area contributed by atoms with E-state index < -0.39 is 12.5 Å². The highest BCUT2D eigenvalue weighted by atomic mass is 19.3. The van der Waals surface area contributed by atoms with Crippen LogP contribution in [-0.4, -0.2) is 24.6 Å². The van der Waals surface area contributed by atoms with Gasteiger partial charge in [-0.2, -0.15) is 8.78 Å². The van der Waals surface area contributed by atoms with Crippen molar-refractivity contribution < 1.29 is 18.3 Å². The second kappa shape index (κ2) is 6.65. The summed E-state index contributed by atoms with van der Waals surface area (Å²) >= 11 is 0. The number of hydrogen-bond acceptors (Lipinski definition) is 4. The van der Waals surface area contributed by atoms with E-state index in [0.29, 0.717) is 11.3 Å². The molecule has 0 aliphatic rings. The SMILES string of the molecule is CNc1ccncc1C(=O)Nc1ccccc1OC(F)F. The summed E-state index contributed by atoms with van der Waals surface area (Å²) in [5, 5.41) is 5.39. The van der Waals surface area contributed by atoms with Crippen LogP contribution in [-0.2, 0) is 0 Å². The van der Waals surface area contributed by atoms with Gasteiger partial charge in [0.05, 0.1) is 11.3 Å². The smallest absolute Gasteiger partial charge is 0.387 e. The van der Waals surface area contributed by atoms with E-state index in [1.807, 2.05) is 0 Å². The first-order valence-electron chi connectivity index (χ1n) is 6.08. The lowest BCUT2D eigenvalue weighted by molar-refractivity contribution is -0.0493. The lowest BCUT2D eigenvalue weighted by Crippen LogP contribution is -2.15. The second-order valence-electron chi connectivity index (χ2n) is 4.00. The molecule has 1 heterocycles. The summed E-state index contributed by atoms with van der Waals surface area (Å²) in [5.41, 5.74) is 1.04. The van der Waals surface area contributed by atoms with Crippen molar-refractivity contribution in [1.82, 2.24) is 4.98 Å². The van der Waals surface area contributed by atoms with Gasteiger partial charge in [0.2, 0.25) is 0 Å². The van der Waals surface area contributed by atoms with Gasteiger partial charge in [0.1, 0.15) is 5.75 Å². The molecule has 0 aliphatic carbocycles. The van der Waals surface area contributed by atoms with Gasteiger partial charge in [0.25, 0.3) is 5.91 Å². The molecule has 0 radical (unpaired) electrons. The largest absolute Gasteiger partial charge is 0.433 e.